The molecule has 146 valence electrons. The Balaban J connectivity index is 1.70. The van der Waals surface area contributed by atoms with Crippen LogP contribution in [0.2, 0.25) is 0 Å². The standard InChI is InChI=1S/C18H25N5O4/c1-13-9-20-23(10-13)11-14-8-15(21-27-14)16(24)22-6-3-4-18(12-22,17(19)25)5-7-26-2/h8-10H,3-7,11-12H2,1-2H3,(H2,19,25). The fourth-order valence-corrected chi connectivity index (χ4v) is 3.49. The fraction of sp³-hybridized carbons (Fsp3) is 0.556. The molecule has 1 saturated heterocycles. The molecular weight excluding hydrogens is 350 g/mol. The number of ether oxygens (including phenoxy) is 1. The van der Waals surface area contributed by atoms with E-state index in [2.05, 4.69) is 10.3 Å². The molecule has 9 heteroatoms. The zero-order valence-corrected chi connectivity index (χ0v) is 15.7. The Morgan fingerprint density at radius 1 is 1.44 bits per heavy atom. The second kappa shape index (κ2) is 7.91. The lowest BCUT2D eigenvalue weighted by atomic mass is 9.76. The maximum absolute atomic E-state index is 12.9. The quantitative estimate of drug-likeness (QED) is 0.771. The molecule has 0 radical (unpaired) electrons. The summed E-state index contributed by atoms with van der Waals surface area (Å²) in [5, 5.41) is 8.09. The summed E-state index contributed by atoms with van der Waals surface area (Å²) in [6.45, 7) is 3.59. The summed E-state index contributed by atoms with van der Waals surface area (Å²) in [5.41, 5.74) is 6.16. The van der Waals surface area contributed by atoms with Gasteiger partial charge in [0.2, 0.25) is 5.91 Å². The maximum atomic E-state index is 12.9. The highest BCUT2D eigenvalue weighted by Gasteiger charge is 2.42. The third kappa shape index (κ3) is 4.19. The van der Waals surface area contributed by atoms with Gasteiger partial charge in [-0.2, -0.15) is 5.10 Å². The molecule has 0 aromatic carbocycles. The minimum absolute atomic E-state index is 0.223. The zero-order chi connectivity index (χ0) is 19.4. The van der Waals surface area contributed by atoms with E-state index in [9.17, 15) is 9.59 Å². The molecule has 2 N–H and O–H groups in total. The summed E-state index contributed by atoms with van der Waals surface area (Å²) in [6, 6.07) is 1.62. The van der Waals surface area contributed by atoms with E-state index in [1.165, 1.54) is 0 Å². The van der Waals surface area contributed by atoms with Crippen molar-refractivity contribution in [3.63, 3.8) is 0 Å². The molecule has 9 nitrogen and oxygen atoms in total. The summed E-state index contributed by atoms with van der Waals surface area (Å²) in [6.07, 6.45) is 5.48. The number of rotatable bonds is 7. The van der Waals surface area contributed by atoms with Crippen molar-refractivity contribution in [2.24, 2.45) is 11.1 Å². The number of aromatic nitrogens is 3. The van der Waals surface area contributed by atoms with Crippen molar-refractivity contribution in [2.75, 3.05) is 26.8 Å². The Bertz CT molecular complexity index is 814. The second-order valence-corrected chi connectivity index (χ2v) is 7.11. The number of hydrogen-bond acceptors (Lipinski definition) is 6. The molecule has 1 aliphatic rings. The molecule has 2 aromatic rings. The minimum atomic E-state index is -0.761. The van der Waals surface area contributed by atoms with Gasteiger partial charge < -0.3 is 19.9 Å². The number of amides is 2. The Hall–Kier alpha value is -2.68. The van der Waals surface area contributed by atoms with Gasteiger partial charge in [0.05, 0.1) is 11.6 Å². The van der Waals surface area contributed by atoms with Gasteiger partial charge in [0.1, 0.15) is 6.54 Å². The number of hydrogen-bond donors (Lipinski definition) is 1. The van der Waals surface area contributed by atoms with Gasteiger partial charge in [-0.3, -0.25) is 14.3 Å². The van der Waals surface area contributed by atoms with E-state index in [1.54, 1.807) is 29.0 Å². The van der Waals surface area contributed by atoms with Crippen LogP contribution >= 0.6 is 0 Å². The number of aryl methyl sites for hydroxylation is 1. The SMILES string of the molecule is COCCC1(C(N)=O)CCCN(C(=O)c2cc(Cn3cc(C)cn3)on2)C1. The predicted octanol–water partition coefficient (Wildman–Crippen LogP) is 0.972. The van der Waals surface area contributed by atoms with E-state index in [0.717, 1.165) is 5.56 Å². The first-order chi connectivity index (χ1) is 12.9. The number of nitrogens with two attached hydrogens (primary N) is 1. The third-order valence-electron chi connectivity index (χ3n) is 5.03. The molecule has 3 heterocycles. The molecule has 0 spiro atoms. The lowest BCUT2D eigenvalue weighted by Crippen LogP contribution is -2.52. The van der Waals surface area contributed by atoms with Crippen LogP contribution in [0.25, 0.3) is 0 Å². The van der Waals surface area contributed by atoms with Gasteiger partial charge in [0, 0.05) is 39.1 Å². The average Bonchev–Trinajstić information content (AvgIpc) is 3.28. The van der Waals surface area contributed by atoms with Crippen molar-refractivity contribution >= 4 is 11.8 Å². The molecule has 2 amide bonds. The molecule has 1 aliphatic heterocycles. The fourth-order valence-electron chi connectivity index (χ4n) is 3.49. The van der Waals surface area contributed by atoms with Crippen LogP contribution in [0.3, 0.4) is 0 Å². The summed E-state index contributed by atoms with van der Waals surface area (Å²) in [5.74, 6) is -0.115. The lowest BCUT2D eigenvalue weighted by molar-refractivity contribution is -0.131. The van der Waals surface area contributed by atoms with Crippen LogP contribution in [0.15, 0.2) is 23.0 Å². The first-order valence-corrected chi connectivity index (χ1v) is 8.96. The van der Waals surface area contributed by atoms with Crippen LogP contribution < -0.4 is 5.73 Å². The molecule has 0 aliphatic carbocycles. The van der Waals surface area contributed by atoms with Crippen LogP contribution in [-0.4, -0.2) is 58.5 Å². The van der Waals surface area contributed by atoms with Crippen LogP contribution in [0.5, 0.6) is 0 Å². The van der Waals surface area contributed by atoms with E-state index in [-0.39, 0.29) is 18.1 Å². The number of nitrogens with zero attached hydrogens (tertiary/aromatic N) is 4. The van der Waals surface area contributed by atoms with Gasteiger partial charge in [-0.05, 0) is 31.7 Å². The number of methoxy groups -OCH3 is 1. The average molecular weight is 375 g/mol. The highest BCUT2D eigenvalue weighted by atomic mass is 16.5. The molecule has 1 fully saturated rings. The van der Waals surface area contributed by atoms with Crippen LogP contribution in [0.4, 0.5) is 0 Å². The smallest absolute Gasteiger partial charge is 0.276 e. The van der Waals surface area contributed by atoms with E-state index in [1.807, 2.05) is 13.1 Å². The molecule has 1 unspecified atom stereocenters. The number of likely N-dealkylation sites (tertiary alicyclic amines) is 1. The lowest BCUT2D eigenvalue weighted by Gasteiger charge is -2.40. The molecule has 27 heavy (non-hydrogen) atoms. The zero-order valence-electron chi connectivity index (χ0n) is 15.7. The summed E-state index contributed by atoms with van der Waals surface area (Å²) in [7, 11) is 1.58. The number of primary amides is 1. The van der Waals surface area contributed by atoms with Crippen molar-refractivity contribution in [3.8, 4) is 0 Å². The van der Waals surface area contributed by atoms with Gasteiger partial charge in [-0.1, -0.05) is 5.16 Å². The normalized spacial score (nSPS) is 20.0. The van der Waals surface area contributed by atoms with Crippen molar-refractivity contribution in [1.29, 1.82) is 0 Å². The summed E-state index contributed by atoms with van der Waals surface area (Å²) >= 11 is 0. The molecule has 1 atom stereocenters. The van der Waals surface area contributed by atoms with Crippen molar-refractivity contribution < 1.29 is 18.8 Å². The Morgan fingerprint density at radius 2 is 2.26 bits per heavy atom. The Kier molecular flexibility index (Phi) is 5.59. The maximum Gasteiger partial charge on any atom is 0.276 e. The highest BCUT2D eigenvalue weighted by Crippen LogP contribution is 2.34. The van der Waals surface area contributed by atoms with Gasteiger partial charge in [-0.15, -0.1) is 0 Å². The number of carbonyl (C=O) groups is 2. The summed E-state index contributed by atoms with van der Waals surface area (Å²) < 4.78 is 12.1. The highest BCUT2D eigenvalue weighted by molar-refractivity contribution is 5.93. The van der Waals surface area contributed by atoms with Gasteiger partial charge in [0.25, 0.3) is 5.91 Å². The van der Waals surface area contributed by atoms with Crippen molar-refractivity contribution in [1.82, 2.24) is 19.8 Å². The molecule has 2 aromatic heterocycles. The van der Waals surface area contributed by atoms with Gasteiger partial charge >= 0.3 is 0 Å². The predicted molar refractivity (Wildman–Crippen MR) is 95.8 cm³/mol. The van der Waals surface area contributed by atoms with Crippen LogP contribution in [-0.2, 0) is 16.1 Å². The first-order valence-electron chi connectivity index (χ1n) is 8.96. The van der Waals surface area contributed by atoms with E-state index in [0.29, 0.717) is 44.7 Å². The van der Waals surface area contributed by atoms with Gasteiger partial charge in [-0.25, -0.2) is 0 Å². The molecule has 0 bridgehead atoms. The van der Waals surface area contributed by atoms with Crippen molar-refractivity contribution in [2.45, 2.75) is 32.7 Å². The number of piperidine rings is 1. The molecule has 3 rings (SSSR count). The molecule has 0 saturated carbocycles. The number of carbonyl (C=O) groups excluding carboxylic acids is 2. The monoisotopic (exact) mass is 375 g/mol. The van der Waals surface area contributed by atoms with Crippen LogP contribution in [0, 0.1) is 12.3 Å². The first kappa shape index (κ1) is 19.1. The summed E-state index contributed by atoms with van der Waals surface area (Å²) in [4.78, 5) is 26.6. The van der Waals surface area contributed by atoms with E-state index < -0.39 is 11.3 Å². The van der Waals surface area contributed by atoms with E-state index in [4.69, 9.17) is 15.0 Å². The minimum Gasteiger partial charge on any atom is -0.385 e. The van der Waals surface area contributed by atoms with Gasteiger partial charge in [0.15, 0.2) is 11.5 Å². The van der Waals surface area contributed by atoms with Crippen molar-refractivity contribution in [3.05, 3.63) is 35.5 Å². The Morgan fingerprint density at radius 3 is 2.93 bits per heavy atom. The van der Waals surface area contributed by atoms with E-state index >= 15 is 0 Å². The third-order valence-corrected chi connectivity index (χ3v) is 5.03. The van der Waals surface area contributed by atoms with Crippen LogP contribution in [0.1, 0.15) is 41.1 Å². The topological polar surface area (TPSA) is 116 Å². The largest absolute Gasteiger partial charge is 0.385 e. The second-order valence-electron chi connectivity index (χ2n) is 7.11. The Labute approximate surface area is 157 Å². The molecular formula is C18H25N5O4.